The molecule has 0 saturated carbocycles. The van der Waals surface area contributed by atoms with E-state index in [4.69, 9.17) is 0 Å². The lowest BCUT2D eigenvalue weighted by atomic mass is 9.99. The summed E-state index contributed by atoms with van der Waals surface area (Å²) in [6, 6.07) is 31.7. The number of likely N-dealkylation sites (tertiary alicyclic amines) is 1. The highest BCUT2D eigenvalue weighted by Gasteiger charge is 2.28. The van der Waals surface area contributed by atoms with Gasteiger partial charge in [0.05, 0.1) is 5.56 Å². The van der Waals surface area contributed by atoms with E-state index in [-0.39, 0.29) is 0 Å². The van der Waals surface area contributed by atoms with Gasteiger partial charge in [0.2, 0.25) is 0 Å². The van der Waals surface area contributed by atoms with E-state index < -0.39 is 0 Å². The topological polar surface area (TPSA) is 47.6 Å². The van der Waals surface area contributed by atoms with Gasteiger partial charge in [-0.1, -0.05) is 91.0 Å². The normalized spacial score (nSPS) is 14.4. The Labute approximate surface area is 220 Å². The van der Waals surface area contributed by atoms with Crippen molar-refractivity contribution in [3.63, 3.8) is 0 Å². The van der Waals surface area contributed by atoms with Crippen molar-refractivity contribution in [2.24, 2.45) is 4.99 Å². The molecule has 0 atom stereocenters. The first-order chi connectivity index (χ1) is 18.1. The predicted molar refractivity (Wildman–Crippen MR) is 154 cm³/mol. The van der Waals surface area contributed by atoms with Gasteiger partial charge in [-0.3, -0.25) is 10.3 Å². The van der Waals surface area contributed by atoms with Crippen LogP contribution in [-0.4, -0.2) is 53.1 Å². The van der Waals surface area contributed by atoms with Gasteiger partial charge in [0.25, 0.3) is 0 Å². The molecule has 188 valence electrons. The van der Waals surface area contributed by atoms with E-state index in [1.807, 2.05) is 24.3 Å². The Balaban J connectivity index is 1.39. The van der Waals surface area contributed by atoms with Crippen molar-refractivity contribution >= 4 is 18.4 Å². The van der Waals surface area contributed by atoms with Crippen LogP contribution in [-0.2, 0) is 13.1 Å². The molecule has 5 nitrogen and oxygen atoms in total. The first kappa shape index (κ1) is 24.7. The van der Waals surface area contributed by atoms with E-state index in [1.54, 1.807) is 0 Å². The molecule has 5 heteroatoms. The minimum absolute atomic E-state index is 0.318. The molecule has 0 spiro atoms. The third-order valence-corrected chi connectivity index (χ3v) is 7.42. The van der Waals surface area contributed by atoms with Crippen LogP contribution >= 0.6 is 0 Å². The van der Waals surface area contributed by atoms with E-state index in [0.29, 0.717) is 18.4 Å². The number of benzene rings is 3. The van der Waals surface area contributed by atoms with Gasteiger partial charge in [-0.2, -0.15) is 0 Å². The van der Waals surface area contributed by atoms with Gasteiger partial charge in [-0.05, 0) is 36.2 Å². The van der Waals surface area contributed by atoms with Crippen LogP contribution < -0.4 is 0 Å². The third-order valence-electron chi connectivity index (χ3n) is 7.42. The number of amidine groups is 1. The van der Waals surface area contributed by atoms with Gasteiger partial charge in [-0.25, -0.2) is 4.99 Å². The highest BCUT2D eigenvalue weighted by molar-refractivity contribution is 6.07. The van der Waals surface area contributed by atoms with E-state index in [1.165, 1.54) is 11.1 Å². The summed E-state index contributed by atoms with van der Waals surface area (Å²) in [7, 11) is 2.07. The van der Waals surface area contributed by atoms with Crippen molar-refractivity contribution < 1.29 is 0 Å². The highest BCUT2D eigenvalue weighted by Crippen LogP contribution is 2.35. The van der Waals surface area contributed by atoms with Crippen LogP contribution in [0.4, 0.5) is 5.82 Å². The molecule has 1 fully saturated rings. The van der Waals surface area contributed by atoms with Gasteiger partial charge in [0, 0.05) is 51.0 Å². The van der Waals surface area contributed by atoms with E-state index in [9.17, 15) is 5.41 Å². The van der Waals surface area contributed by atoms with Gasteiger partial charge in [0.1, 0.15) is 11.7 Å². The maximum Gasteiger partial charge on any atom is 0.143 e. The van der Waals surface area contributed by atoms with Crippen LogP contribution in [0.2, 0.25) is 0 Å². The molecule has 0 amide bonds. The predicted octanol–water partition coefficient (Wildman–Crippen LogP) is 6.46. The number of piperidine rings is 1. The average molecular weight is 490 g/mol. The van der Waals surface area contributed by atoms with Crippen LogP contribution in [0.25, 0.3) is 11.1 Å². The Hall–Kier alpha value is -3.96. The summed E-state index contributed by atoms with van der Waals surface area (Å²) in [5.41, 5.74) is 5.52. The van der Waals surface area contributed by atoms with Crippen LogP contribution in [0, 0.1) is 5.41 Å². The molecule has 2 heterocycles. The maximum atomic E-state index is 9.34. The first-order valence-corrected chi connectivity index (χ1v) is 13.0. The molecule has 0 aliphatic carbocycles. The fourth-order valence-electron chi connectivity index (χ4n) is 5.35. The van der Waals surface area contributed by atoms with Gasteiger partial charge in [-0.15, -0.1) is 0 Å². The number of hydrogen-bond acceptors (Lipinski definition) is 3. The Morgan fingerprint density at radius 2 is 1.41 bits per heavy atom. The fraction of sp³-hybridized carbons (Fsp3) is 0.250. The zero-order valence-corrected chi connectivity index (χ0v) is 21.6. The minimum atomic E-state index is 0.318. The summed E-state index contributed by atoms with van der Waals surface area (Å²) < 4.78 is 2.13. The zero-order chi connectivity index (χ0) is 25.6. The molecule has 5 rings (SSSR count). The van der Waals surface area contributed by atoms with Crippen molar-refractivity contribution in [2.45, 2.75) is 32.0 Å². The molecule has 1 aromatic heterocycles. The molecule has 1 saturated heterocycles. The molecule has 0 bridgehead atoms. The number of hydrogen-bond donors (Lipinski definition) is 1. The lowest BCUT2D eigenvalue weighted by molar-refractivity contribution is 0.159. The van der Waals surface area contributed by atoms with Gasteiger partial charge >= 0.3 is 0 Å². The fourth-order valence-corrected chi connectivity index (χ4v) is 5.35. The van der Waals surface area contributed by atoms with Crippen molar-refractivity contribution in [1.29, 1.82) is 5.41 Å². The molecule has 0 unspecified atom stereocenters. The van der Waals surface area contributed by atoms with E-state index >= 15 is 0 Å². The Morgan fingerprint density at radius 1 is 0.865 bits per heavy atom. The molecule has 1 aliphatic heterocycles. The summed E-state index contributed by atoms with van der Waals surface area (Å²) in [5.74, 6) is 1.26. The molecule has 1 N–H and O–H groups in total. The summed E-state index contributed by atoms with van der Waals surface area (Å²) in [5, 5.41) is 9.34. The molecular weight excluding hydrogens is 454 g/mol. The molecule has 1 aliphatic rings. The lowest BCUT2D eigenvalue weighted by Gasteiger charge is -2.38. The monoisotopic (exact) mass is 489 g/mol. The van der Waals surface area contributed by atoms with Gasteiger partial charge < -0.3 is 9.47 Å². The standard InChI is InChI=1S/C32H35N5/c1-34-32-30(29(27-16-10-5-11-17-27)24-37(32)23-26-14-8-4-9-15-26)31(33)35(2)28-18-20-36(21-19-28)22-25-12-6-3-7-13-25/h3-17,24,28,33H,1,18-23H2,2H3. The quantitative estimate of drug-likeness (QED) is 0.228. The second-order valence-corrected chi connectivity index (χ2v) is 9.83. The first-order valence-electron chi connectivity index (χ1n) is 13.0. The lowest BCUT2D eigenvalue weighted by Crippen LogP contribution is -2.45. The molecule has 37 heavy (non-hydrogen) atoms. The maximum absolute atomic E-state index is 9.34. The Kier molecular flexibility index (Phi) is 7.62. The molecular formula is C32H35N5. The SMILES string of the molecule is C=Nc1c(C(=N)N(C)C2CCN(Cc3ccccc3)CC2)c(-c2ccccc2)cn1Cc1ccccc1. The van der Waals surface area contributed by atoms with Crippen LogP contribution in [0.15, 0.2) is 102 Å². The van der Waals surface area contributed by atoms with Crippen molar-refractivity contribution in [2.75, 3.05) is 20.1 Å². The number of aromatic nitrogens is 1. The highest BCUT2D eigenvalue weighted by atomic mass is 15.2. The van der Waals surface area contributed by atoms with Crippen LogP contribution in [0.1, 0.15) is 29.5 Å². The number of aliphatic imine (C=N–C) groups is 1. The number of rotatable bonds is 8. The van der Waals surface area contributed by atoms with E-state index in [0.717, 1.165) is 55.0 Å². The average Bonchev–Trinajstić information content (AvgIpc) is 3.32. The van der Waals surface area contributed by atoms with Crippen molar-refractivity contribution in [3.8, 4) is 11.1 Å². The Morgan fingerprint density at radius 3 is 1.97 bits per heavy atom. The second-order valence-electron chi connectivity index (χ2n) is 9.83. The summed E-state index contributed by atoms with van der Waals surface area (Å²) >= 11 is 0. The minimum Gasteiger partial charge on any atom is -0.356 e. The Bertz CT molecular complexity index is 1320. The molecule has 4 aromatic rings. The zero-order valence-electron chi connectivity index (χ0n) is 21.6. The van der Waals surface area contributed by atoms with Gasteiger partial charge in [0.15, 0.2) is 0 Å². The van der Waals surface area contributed by atoms with E-state index in [2.05, 4.69) is 106 Å². The van der Waals surface area contributed by atoms with Crippen molar-refractivity contribution in [3.05, 3.63) is 114 Å². The smallest absolute Gasteiger partial charge is 0.143 e. The second kappa shape index (κ2) is 11.4. The number of nitrogens with zero attached hydrogens (tertiary/aromatic N) is 4. The molecule has 0 radical (unpaired) electrons. The van der Waals surface area contributed by atoms with Crippen LogP contribution in [0.5, 0.6) is 0 Å². The largest absolute Gasteiger partial charge is 0.356 e. The molecule has 3 aromatic carbocycles. The van der Waals surface area contributed by atoms with Crippen molar-refractivity contribution in [1.82, 2.24) is 14.4 Å². The summed E-state index contributed by atoms with van der Waals surface area (Å²) in [6.07, 6.45) is 4.20. The number of nitrogens with one attached hydrogen (secondary N) is 1. The van der Waals surface area contributed by atoms with Crippen LogP contribution in [0.3, 0.4) is 0 Å². The third kappa shape index (κ3) is 5.57. The summed E-state index contributed by atoms with van der Waals surface area (Å²) in [4.78, 5) is 9.13. The summed E-state index contributed by atoms with van der Waals surface area (Å²) in [6.45, 7) is 7.65.